The standard InChI is InChI=1S/C14H26N2OSi/c1-12-13(16-11-15-12)9-7-8-10-17-18(5,6)14(2,3)4/h7,9,11H,8,10H2,1-6H3,(H,15,16)/b9-7-. The second kappa shape index (κ2) is 5.84. The van der Waals surface area contributed by atoms with Gasteiger partial charge in [-0.05, 0) is 37.6 Å². The second-order valence-corrected chi connectivity index (χ2v) is 11.0. The van der Waals surface area contributed by atoms with Gasteiger partial charge in [-0.3, -0.25) is 0 Å². The summed E-state index contributed by atoms with van der Waals surface area (Å²) in [6.07, 6.45) is 6.86. The highest BCUT2D eigenvalue weighted by Gasteiger charge is 2.36. The molecular formula is C14H26N2OSi. The van der Waals surface area contributed by atoms with Crippen LogP contribution in [0, 0.1) is 6.92 Å². The van der Waals surface area contributed by atoms with Crippen LogP contribution in [-0.4, -0.2) is 24.9 Å². The summed E-state index contributed by atoms with van der Waals surface area (Å²) in [6.45, 7) is 14.2. The molecule has 0 aliphatic carbocycles. The Hall–Kier alpha value is -0.873. The molecule has 0 bridgehead atoms. The van der Waals surface area contributed by atoms with E-state index in [-0.39, 0.29) is 5.04 Å². The van der Waals surface area contributed by atoms with Gasteiger partial charge >= 0.3 is 0 Å². The third-order valence-corrected chi connectivity index (χ3v) is 8.24. The van der Waals surface area contributed by atoms with Crippen molar-refractivity contribution in [1.29, 1.82) is 0 Å². The average Bonchev–Trinajstić information content (AvgIpc) is 2.62. The summed E-state index contributed by atoms with van der Waals surface area (Å²) in [6, 6.07) is 0. The van der Waals surface area contributed by atoms with Crippen LogP contribution in [0.4, 0.5) is 0 Å². The maximum absolute atomic E-state index is 6.10. The van der Waals surface area contributed by atoms with Crippen LogP contribution in [0.25, 0.3) is 6.08 Å². The number of hydrogen-bond donors (Lipinski definition) is 1. The molecule has 18 heavy (non-hydrogen) atoms. The van der Waals surface area contributed by atoms with Gasteiger partial charge in [0.2, 0.25) is 0 Å². The monoisotopic (exact) mass is 266 g/mol. The first kappa shape index (κ1) is 15.2. The van der Waals surface area contributed by atoms with E-state index in [1.165, 1.54) is 0 Å². The lowest BCUT2D eigenvalue weighted by Gasteiger charge is -2.36. The highest BCUT2D eigenvalue weighted by atomic mass is 28.4. The van der Waals surface area contributed by atoms with Crippen LogP contribution in [0.2, 0.25) is 18.1 Å². The number of rotatable bonds is 5. The van der Waals surface area contributed by atoms with E-state index >= 15 is 0 Å². The number of nitrogens with one attached hydrogen (secondary N) is 1. The Morgan fingerprint density at radius 1 is 1.39 bits per heavy atom. The molecule has 0 atom stereocenters. The number of aromatic nitrogens is 2. The summed E-state index contributed by atoms with van der Waals surface area (Å²) >= 11 is 0. The van der Waals surface area contributed by atoms with Gasteiger partial charge in [0.25, 0.3) is 0 Å². The Kier molecular flexibility index (Phi) is 4.93. The molecule has 0 amide bonds. The maximum atomic E-state index is 6.10. The molecule has 0 fully saturated rings. The number of imidazole rings is 1. The van der Waals surface area contributed by atoms with E-state index in [1.807, 2.05) is 6.92 Å². The van der Waals surface area contributed by atoms with Gasteiger partial charge in [-0.2, -0.15) is 0 Å². The van der Waals surface area contributed by atoms with Gasteiger partial charge in [-0.1, -0.05) is 26.8 Å². The molecule has 0 spiro atoms. The van der Waals surface area contributed by atoms with Crippen LogP contribution in [0.15, 0.2) is 12.4 Å². The zero-order valence-electron chi connectivity index (χ0n) is 12.5. The van der Waals surface area contributed by atoms with E-state index in [0.717, 1.165) is 24.4 Å². The molecule has 1 N–H and O–H groups in total. The molecule has 1 aromatic heterocycles. The van der Waals surface area contributed by atoms with E-state index in [1.54, 1.807) is 6.33 Å². The fourth-order valence-electron chi connectivity index (χ4n) is 1.33. The quantitative estimate of drug-likeness (QED) is 0.642. The van der Waals surface area contributed by atoms with E-state index in [9.17, 15) is 0 Å². The van der Waals surface area contributed by atoms with Crippen molar-refractivity contribution in [2.45, 2.75) is 52.2 Å². The lowest BCUT2D eigenvalue weighted by Crippen LogP contribution is -2.40. The second-order valence-electron chi connectivity index (χ2n) is 6.21. The van der Waals surface area contributed by atoms with Crippen molar-refractivity contribution in [1.82, 2.24) is 9.97 Å². The minimum absolute atomic E-state index is 0.287. The van der Waals surface area contributed by atoms with Crippen LogP contribution >= 0.6 is 0 Å². The van der Waals surface area contributed by atoms with Crippen molar-refractivity contribution in [3.05, 3.63) is 23.8 Å². The predicted molar refractivity (Wildman–Crippen MR) is 80.1 cm³/mol. The summed E-state index contributed by atoms with van der Waals surface area (Å²) in [5.74, 6) is 0. The Bertz CT molecular complexity index is 402. The van der Waals surface area contributed by atoms with Crippen LogP contribution < -0.4 is 0 Å². The summed E-state index contributed by atoms with van der Waals surface area (Å²) < 4.78 is 6.10. The van der Waals surface area contributed by atoms with Crippen LogP contribution in [0.1, 0.15) is 38.6 Å². The molecule has 1 aromatic rings. The number of nitrogens with zero attached hydrogens (tertiary/aromatic N) is 1. The number of H-pyrrole nitrogens is 1. The zero-order chi connectivity index (χ0) is 13.8. The van der Waals surface area contributed by atoms with Crippen LogP contribution in [0.3, 0.4) is 0 Å². The van der Waals surface area contributed by atoms with Gasteiger partial charge in [-0.25, -0.2) is 4.98 Å². The topological polar surface area (TPSA) is 37.9 Å². The first-order chi connectivity index (χ1) is 8.24. The summed E-state index contributed by atoms with van der Waals surface area (Å²) in [5.41, 5.74) is 2.12. The van der Waals surface area contributed by atoms with Crippen molar-refractivity contribution in [3.8, 4) is 0 Å². The fraction of sp³-hybridized carbons (Fsp3) is 0.643. The molecule has 1 rings (SSSR count). The van der Waals surface area contributed by atoms with Crippen molar-refractivity contribution < 1.29 is 4.43 Å². The van der Waals surface area contributed by atoms with Crippen LogP contribution in [0.5, 0.6) is 0 Å². The summed E-state index contributed by atoms with van der Waals surface area (Å²) in [7, 11) is -1.59. The van der Waals surface area contributed by atoms with Crippen molar-refractivity contribution in [2.75, 3.05) is 6.61 Å². The van der Waals surface area contributed by atoms with Crippen molar-refractivity contribution >= 4 is 14.4 Å². The minimum Gasteiger partial charge on any atom is -0.417 e. The van der Waals surface area contributed by atoms with Gasteiger partial charge in [0, 0.05) is 12.3 Å². The lowest BCUT2D eigenvalue weighted by atomic mass is 10.2. The number of aryl methyl sites for hydroxylation is 1. The predicted octanol–water partition coefficient (Wildman–Crippen LogP) is 4.14. The molecule has 0 saturated heterocycles. The van der Waals surface area contributed by atoms with Gasteiger partial charge in [-0.15, -0.1) is 0 Å². The van der Waals surface area contributed by atoms with E-state index in [2.05, 4.69) is 56.0 Å². The van der Waals surface area contributed by atoms with E-state index in [0.29, 0.717) is 0 Å². The van der Waals surface area contributed by atoms with E-state index < -0.39 is 8.32 Å². The maximum Gasteiger partial charge on any atom is 0.191 e. The average molecular weight is 266 g/mol. The SMILES string of the molecule is Cc1[nH]cnc1/C=C\CCO[Si](C)(C)C(C)(C)C. The van der Waals surface area contributed by atoms with Crippen LogP contribution in [-0.2, 0) is 4.43 Å². The smallest absolute Gasteiger partial charge is 0.191 e. The Morgan fingerprint density at radius 3 is 2.56 bits per heavy atom. The minimum atomic E-state index is -1.59. The summed E-state index contributed by atoms with van der Waals surface area (Å²) in [5, 5.41) is 0.287. The fourth-order valence-corrected chi connectivity index (χ4v) is 2.39. The first-order valence-corrected chi connectivity index (χ1v) is 9.45. The Morgan fingerprint density at radius 2 is 2.06 bits per heavy atom. The third-order valence-electron chi connectivity index (χ3n) is 3.70. The molecule has 1 heterocycles. The molecule has 3 nitrogen and oxygen atoms in total. The van der Waals surface area contributed by atoms with Gasteiger partial charge < -0.3 is 9.41 Å². The number of hydrogen-bond acceptors (Lipinski definition) is 2. The van der Waals surface area contributed by atoms with Crippen molar-refractivity contribution in [3.63, 3.8) is 0 Å². The highest BCUT2D eigenvalue weighted by Crippen LogP contribution is 2.36. The molecule has 0 aromatic carbocycles. The highest BCUT2D eigenvalue weighted by molar-refractivity contribution is 6.74. The molecule has 0 aliphatic heterocycles. The molecule has 0 radical (unpaired) electrons. The normalized spacial score (nSPS) is 13.4. The molecule has 0 aliphatic rings. The Balaban J connectivity index is 2.36. The first-order valence-electron chi connectivity index (χ1n) is 6.54. The zero-order valence-corrected chi connectivity index (χ0v) is 13.5. The van der Waals surface area contributed by atoms with Gasteiger partial charge in [0.15, 0.2) is 8.32 Å². The van der Waals surface area contributed by atoms with Crippen molar-refractivity contribution in [2.24, 2.45) is 0 Å². The molecule has 0 unspecified atom stereocenters. The summed E-state index contributed by atoms with van der Waals surface area (Å²) in [4.78, 5) is 7.29. The largest absolute Gasteiger partial charge is 0.417 e. The molecule has 102 valence electrons. The Labute approximate surface area is 112 Å². The van der Waals surface area contributed by atoms with E-state index in [4.69, 9.17) is 4.43 Å². The lowest BCUT2D eigenvalue weighted by molar-refractivity contribution is 0.294. The van der Waals surface area contributed by atoms with Gasteiger partial charge in [0.1, 0.15) is 0 Å². The number of aromatic amines is 1. The third kappa shape index (κ3) is 4.10. The molecular weight excluding hydrogens is 240 g/mol. The molecule has 0 saturated carbocycles. The molecule has 4 heteroatoms. The van der Waals surface area contributed by atoms with Gasteiger partial charge in [0.05, 0.1) is 12.0 Å².